The van der Waals surface area contributed by atoms with Crippen LogP contribution in [0.4, 0.5) is 5.69 Å². The van der Waals surface area contributed by atoms with Gasteiger partial charge in [0.25, 0.3) is 5.56 Å². The molecule has 2 aromatic rings. The van der Waals surface area contributed by atoms with Crippen molar-refractivity contribution in [1.82, 2.24) is 9.78 Å². The van der Waals surface area contributed by atoms with Crippen molar-refractivity contribution >= 4 is 28.9 Å². The van der Waals surface area contributed by atoms with E-state index in [1.807, 2.05) is 0 Å². The highest BCUT2D eigenvalue weighted by Crippen LogP contribution is 2.28. The summed E-state index contributed by atoms with van der Waals surface area (Å²) in [7, 11) is 0. The minimum absolute atomic E-state index is 0.00683. The second kappa shape index (κ2) is 6.49. The molecule has 0 saturated carbocycles. The minimum atomic E-state index is -0.429. The summed E-state index contributed by atoms with van der Waals surface area (Å²) in [5.41, 5.74) is 0.254. The first-order valence-electron chi connectivity index (χ1n) is 7.01. The molecular weight excluding hydrogens is 341 g/mol. The molecule has 1 aromatic heterocycles. The SMILES string of the molecule is O=c1c(Cl)c(NCC2(CO)COC2)cnn1-c1ccc(Cl)cc1. The average molecular weight is 356 g/mol. The maximum absolute atomic E-state index is 12.4. The van der Waals surface area contributed by atoms with Crippen LogP contribution < -0.4 is 10.9 Å². The Hall–Kier alpha value is -1.60. The molecule has 1 aliphatic heterocycles. The number of aliphatic hydroxyl groups excluding tert-OH is 1. The van der Waals surface area contributed by atoms with Crippen LogP contribution in [0.25, 0.3) is 5.69 Å². The molecule has 1 aliphatic rings. The van der Waals surface area contributed by atoms with Gasteiger partial charge in [-0.1, -0.05) is 23.2 Å². The maximum atomic E-state index is 12.4. The summed E-state index contributed by atoms with van der Waals surface area (Å²) in [6.07, 6.45) is 1.49. The standard InChI is InChI=1S/C15H15Cl2N3O3/c16-10-1-3-11(4-2-10)20-14(22)13(17)12(5-19-20)18-6-15(7-21)8-23-9-15/h1-5,18,21H,6-9H2. The molecule has 122 valence electrons. The Kier molecular flexibility index (Phi) is 4.59. The van der Waals surface area contributed by atoms with Crippen molar-refractivity contribution in [2.45, 2.75) is 0 Å². The number of aliphatic hydroxyl groups is 1. The van der Waals surface area contributed by atoms with Gasteiger partial charge in [0, 0.05) is 11.6 Å². The molecule has 2 heterocycles. The molecule has 1 saturated heterocycles. The van der Waals surface area contributed by atoms with Crippen LogP contribution in [0, 0.1) is 5.41 Å². The zero-order valence-electron chi connectivity index (χ0n) is 12.1. The minimum Gasteiger partial charge on any atom is -0.396 e. The van der Waals surface area contributed by atoms with E-state index in [2.05, 4.69) is 10.4 Å². The van der Waals surface area contributed by atoms with E-state index in [0.717, 1.165) is 0 Å². The van der Waals surface area contributed by atoms with Gasteiger partial charge in [-0.2, -0.15) is 9.78 Å². The molecule has 0 unspecified atom stereocenters. The third-order valence-electron chi connectivity index (χ3n) is 3.80. The maximum Gasteiger partial charge on any atom is 0.292 e. The van der Waals surface area contributed by atoms with Crippen LogP contribution in [-0.2, 0) is 4.74 Å². The fourth-order valence-corrected chi connectivity index (χ4v) is 2.57. The summed E-state index contributed by atoms with van der Waals surface area (Å²) < 4.78 is 6.34. The van der Waals surface area contributed by atoms with Gasteiger partial charge in [0.05, 0.1) is 42.8 Å². The van der Waals surface area contributed by atoms with E-state index in [1.54, 1.807) is 24.3 Å². The number of nitrogens with one attached hydrogen (secondary N) is 1. The molecule has 8 heteroatoms. The molecule has 0 bridgehead atoms. The molecule has 0 aliphatic carbocycles. The molecule has 3 rings (SSSR count). The lowest BCUT2D eigenvalue weighted by Gasteiger charge is -2.40. The fraction of sp³-hybridized carbons (Fsp3) is 0.333. The van der Waals surface area contributed by atoms with Crippen molar-refractivity contribution in [3.8, 4) is 5.69 Å². The molecule has 0 radical (unpaired) electrons. The molecule has 1 aromatic carbocycles. The van der Waals surface area contributed by atoms with Crippen LogP contribution in [0.1, 0.15) is 0 Å². The summed E-state index contributed by atoms with van der Waals surface area (Å²) in [4.78, 5) is 12.4. The van der Waals surface area contributed by atoms with Gasteiger partial charge in [-0.05, 0) is 24.3 Å². The van der Waals surface area contributed by atoms with Gasteiger partial charge in [0.1, 0.15) is 5.02 Å². The van der Waals surface area contributed by atoms with Crippen LogP contribution in [0.5, 0.6) is 0 Å². The summed E-state index contributed by atoms with van der Waals surface area (Å²) in [5.74, 6) is 0. The van der Waals surface area contributed by atoms with E-state index in [4.69, 9.17) is 27.9 Å². The second-order valence-electron chi connectivity index (χ2n) is 5.57. The highest BCUT2D eigenvalue weighted by atomic mass is 35.5. The van der Waals surface area contributed by atoms with Gasteiger partial charge in [-0.3, -0.25) is 4.79 Å². The monoisotopic (exact) mass is 355 g/mol. The zero-order valence-corrected chi connectivity index (χ0v) is 13.6. The van der Waals surface area contributed by atoms with Gasteiger partial charge >= 0.3 is 0 Å². The van der Waals surface area contributed by atoms with Crippen molar-refractivity contribution in [3.05, 3.63) is 50.9 Å². The number of benzene rings is 1. The van der Waals surface area contributed by atoms with E-state index in [0.29, 0.717) is 36.2 Å². The number of hydrogen-bond acceptors (Lipinski definition) is 5. The average Bonchev–Trinajstić information content (AvgIpc) is 2.52. The Morgan fingerprint density at radius 2 is 2.00 bits per heavy atom. The molecule has 6 nitrogen and oxygen atoms in total. The van der Waals surface area contributed by atoms with E-state index in [1.165, 1.54) is 10.9 Å². The van der Waals surface area contributed by atoms with Crippen molar-refractivity contribution in [2.24, 2.45) is 5.41 Å². The van der Waals surface area contributed by atoms with Gasteiger partial charge in [-0.15, -0.1) is 0 Å². The van der Waals surface area contributed by atoms with Crippen LogP contribution in [-0.4, -0.2) is 41.3 Å². The van der Waals surface area contributed by atoms with Gasteiger partial charge < -0.3 is 15.2 Å². The predicted molar refractivity (Wildman–Crippen MR) is 88.7 cm³/mol. The van der Waals surface area contributed by atoms with Crippen molar-refractivity contribution in [2.75, 3.05) is 31.7 Å². The number of ether oxygens (including phenoxy) is 1. The van der Waals surface area contributed by atoms with Crippen molar-refractivity contribution in [3.63, 3.8) is 0 Å². The summed E-state index contributed by atoms with van der Waals surface area (Å²) in [6.45, 7) is 1.41. The summed E-state index contributed by atoms with van der Waals surface area (Å²) >= 11 is 12.0. The third-order valence-corrected chi connectivity index (χ3v) is 4.41. The normalized spacial score (nSPS) is 16.0. The fourth-order valence-electron chi connectivity index (χ4n) is 2.24. The number of aromatic nitrogens is 2. The molecule has 23 heavy (non-hydrogen) atoms. The van der Waals surface area contributed by atoms with E-state index >= 15 is 0 Å². The number of nitrogens with zero attached hydrogens (tertiary/aromatic N) is 2. The lowest BCUT2D eigenvalue weighted by atomic mass is 9.87. The smallest absolute Gasteiger partial charge is 0.292 e. The van der Waals surface area contributed by atoms with E-state index in [9.17, 15) is 9.90 Å². The Labute approximate surface area is 142 Å². The summed E-state index contributed by atoms with van der Waals surface area (Å²) in [5, 5.41) is 17.2. The molecule has 0 spiro atoms. The van der Waals surface area contributed by atoms with Gasteiger partial charge in [0.2, 0.25) is 0 Å². The second-order valence-corrected chi connectivity index (χ2v) is 6.38. The predicted octanol–water partition coefficient (Wildman–Crippen LogP) is 1.96. The first kappa shape index (κ1) is 16.3. The number of halogens is 2. The van der Waals surface area contributed by atoms with Crippen LogP contribution in [0.3, 0.4) is 0 Å². The van der Waals surface area contributed by atoms with Crippen LogP contribution in [0.15, 0.2) is 35.3 Å². The Morgan fingerprint density at radius 3 is 2.57 bits per heavy atom. The largest absolute Gasteiger partial charge is 0.396 e. The van der Waals surface area contributed by atoms with E-state index < -0.39 is 5.56 Å². The Morgan fingerprint density at radius 1 is 1.30 bits per heavy atom. The van der Waals surface area contributed by atoms with Crippen LogP contribution >= 0.6 is 23.2 Å². The molecular formula is C15H15Cl2N3O3. The highest BCUT2D eigenvalue weighted by Gasteiger charge is 2.38. The summed E-state index contributed by atoms with van der Waals surface area (Å²) in [6, 6.07) is 6.72. The highest BCUT2D eigenvalue weighted by molar-refractivity contribution is 6.33. The number of anilines is 1. The lowest BCUT2D eigenvalue weighted by molar-refractivity contribution is -0.128. The lowest BCUT2D eigenvalue weighted by Crippen LogP contribution is -2.50. The number of rotatable bonds is 5. The van der Waals surface area contributed by atoms with Crippen molar-refractivity contribution in [1.29, 1.82) is 0 Å². The quantitative estimate of drug-likeness (QED) is 0.857. The van der Waals surface area contributed by atoms with Gasteiger partial charge in [0.15, 0.2) is 0 Å². The molecule has 1 fully saturated rings. The number of hydrogen-bond donors (Lipinski definition) is 2. The molecule has 0 atom stereocenters. The zero-order chi connectivity index (χ0) is 16.4. The van der Waals surface area contributed by atoms with Crippen LogP contribution in [0.2, 0.25) is 10.0 Å². The molecule has 0 amide bonds. The molecule has 2 N–H and O–H groups in total. The van der Waals surface area contributed by atoms with E-state index in [-0.39, 0.29) is 17.0 Å². The Bertz CT molecular complexity index is 752. The van der Waals surface area contributed by atoms with Crippen molar-refractivity contribution < 1.29 is 9.84 Å². The third kappa shape index (κ3) is 3.21. The first-order chi connectivity index (χ1) is 11.0. The van der Waals surface area contributed by atoms with Gasteiger partial charge in [-0.25, -0.2) is 0 Å². The first-order valence-corrected chi connectivity index (χ1v) is 7.76. The Balaban J connectivity index is 1.83. The topological polar surface area (TPSA) is 76.4 Å².